The fraction of sp³-hybridized carbons (Fsp3) is 0.857. The average molecular weight is 270 g/mol. The second-order valence-electron chi connectivity index (χ2n) is 5.68. The maximum atomic E-state index is 12.2. The molecule has 1 saturated heterocycles. The molecule has 2 N–H and O–H groups in total. The Morgan fingerprint density at radius 1 is 1.42 bits per heavy atom. The van der Waals surface area contributed by atoms with Crippen molar-refractivity contribution in [3.05, 3.63) is 0 Å². The van der Waals surface area contributed by atoms with Crippen LogP contribution in [0.5, 0.6) is 0 Å². The summed E-state index contributed by atoms with van der Waals surface area (Å²) in [4.78, 5) is 25.2. The molecule has 19 heavy (non-hydrogen) atoms. The number of carboxylic acids is 1. The van der Waals surface area contributed by atoms with E-state index in [-0.39, 0.29) is 12.1 Å². The third-order valence-electron chi connectivity index (χ3n) is 3.96. The van der Waals surface area contributed by atoms with Crippen LogP contribution in [0.25, 0.3) is 0 Å². The number of carboxylic acid groups (broad SMARTS) is 1. The molecule has 0 aromatic heterocycles. The van der Waals surface area contributed by atoms with E-state index in [1.807, 2.05) is 6.92 Å². The second kappa shape index (κ2) is 6.78. The third kappa shape index (κ3) is 3.85. The first-order valence-corrected chi connectivity index (χ1v) is 7.23. The van der Waals surface area contributed by atoms with Gasteiger partial charge in [0.1, 0.15) is 5.54 Å². The van der Waals surface area contributed by atoms with Crippen molar-refractivity contribution in [3.63, 3.8) is 0 Å². The van der Waals surface area contributed by atoms with Gasteiger partial charge in [-0.25, -0.2) is 9.59 Å². The van der Waals surface area contributed by atoms with Crippen LogP contribution in [0.3, 0.4) is 0 Å². The van der Waals surface area contributed by atoms with Crippen molar-refractivity contribution in [2.75, 3.05) is 6.54 Å². The smallest absolute Gasteiger partial charge is 0.329 e. The van der Waals surface area contributed by atoms with Gasteiger partial charge in [0.05, 0.1) is 0 Å². The molecule has 0 spiro atoms. The molecule has 1 aliphatic rings. The van der Waals surface area contributed by atoms with Crippen LogP contribution >= 0.6 is 0 Å². The van der Waals surface area contributed by atoms with Crippen molar-refractivity contribution >= 4 is 12.0 Å². The number of piperidine rings is 1. The SMILES string of the molecule is CCCCC(C)NC(=O)N1CCCCC1(C)C(=O)O. The van der Waals surface area contributed by atoms with Gasteiger partial charge in [0.2, 0.25) is 0 Å². The average Bonchev–Trinajstić information content (AvgIpc) is 2.36. The van der Waals surface area contributed by atoms with Crippen molar-refractivity contribution in [1.29, 1.82) is 0 Å². The highest BCUT2D eigenvalue weighted by Gasteiger charge is 2.44. The minimum absolute atomic E-state index is 0.0902. The zero-order valence-electron chi connectivity index (χ0n) is 12.2. The summed E-state index contributed by atoms with van der Waals surface area (Å²) in [5.41, 5.74) is -1.06. The summed E-state index contributed by atoms with van der Waals surface area (Å²) in [5, 5.41) is 12.3. The van der Waals surface area contributed by atoms with E-state index in [0.717, 1.165) is 32.1 Å². The first-order chi connectivity index (χ1) is 8.91. The number of amides is 2. The third-order valence-corrected chi connectivity index (χ3v) is 3.96. The molecule has 1 fully saturated rings. The van der Waals surface area contributed by atoms with Crippen LogP contribution in [0.4, 0.5) is 4.79 Å². The maximum absolute atomic E-state index is 12.2. The molecule has 0 bridgehead atoms. The highest BCUT2D eigenvalue weighted by molar-refractivity contribution is 5.86. The number of urea groups is 1. The van der Waals surface area contributed by atoms with Gasteiger partial charge in [-0.3, -0.25) is 0 Å². The quantitative estimate of drug-likeness (QED) is 0.806. The minimum Gasteiger partial charge on any atom is -0.480 e. The van der Waals surface area contributed by atoms with Crippen LogP contribution in [0.1, 0.15) is 59.3 Å². The van der Waals surface area contributed by atoms with Crippen LogP contribution in [0.15, 0.2) is 0 Å². The topological polar surface area (TPSA) is 69.6 Å². The Labute approximate surface area is 115 Å². The van der Waals surface area contributed by atoms with Crippen molar-refractivity contribution in [1.82, 2.24) is 10.2 Å². The van der Waals surface area contributed by atoms with Crippen LogP contribution in [-0.4, -0.2) is 40.1 Å². The summed E-state index contributed by atoms with van der Waals surface area (Å²) >= 11 is 0. The summed E-state index contributed by atoms with van der Waals surface area (Å²) < 4.78 is 0. The zero-order chi connectivity index (χ0) is 14.5. The molecule has 1 rings (SSSR count). The number of nitrogens with one attached hydrogen (secondary N) is 1. The van der Waals surface area contributed by atoms with Crippen molar-refractivity contribution in [2.45, 2.75) is 70.9 Å². The molecule has 0 aliphatic carbocycles. The fourth-order valence-electron chi connectivity index (χ4n) is 2.54. The second-order valence-corrected chi connectivity index (χ2v) is 5.68. The Kier molecular flexibility index (Phi) is 5.63. The van der Waals surface area contributed by atoms with Crippen molar-refractivity contribution in [3.8, 4) is 0 Å². The van der Waals surface area contributed by atoms with E-state index >= 15 is 0 Å². The summed E-state index contributed by atoms with van der Waals surface area (Å²) in [6.45, 7) is 6.25. The molecule has 2 atom stereocenters. The van der Waals surface area contributed by atoms with Gasteiger partial charge < -0.3 is 15.3 Å². The zero-order valence-corrected chi connectivity index (χ0v) is 12.2. The highest BCUT2D eigenvalue weighted by atomic mass is 16.4. The lowest BCUT2D eigenvalue weighted by Gasteiger charge is -2.41. The van der Waals surface area contributed by atoms with Crippen LogP contribution < -0.4 is 5.32 Å². The van der Waals surface area contributed by atoms with E-state index in [1.165, 1.54) is 4.90 Å². The molecule has 1 aliphatic heterocycles. The van der Waals surface area contributed by atoms with Crippen molar-refractivity contribution < 1.29 is 14.7 Å². The lowest BCUT2D eigenvalue weighted by molar-refractivity contribution is -0.150. The van der Waals surface area contributed by atoms with E-state index < -0.39 is 11.5 Å². The number of rotatable bonds is 5. The largest absolute Gasteiger partial charge is 0.480 e. The number of nitrogens with zero attached hydrogens (tertiary/aromatic N) is 1. The van der Waals surface area contributed by atoms with Crippen molar-refractivity contribution in [2.24, 2.45) is 0 Å². The van der Waals surface area contributed by atoms with Gasteiger partial charge in [-0.15, -0.1) is 0 Å². The Bertz CT molecular complexity index is 333. The van der Waals surface area contributed by atoms with E-state index in [2.05, 4.69) is 12.2 Å². The molecule has 5 heteroatoms. The first kappa shape index (κ1) is 15.8. The van der Waals surface area contributed by atoms with E-state index in [4.69, 9.17) is 0 Å². The number of hydrogen-bond acceptors (Lipinski definition) is 2. The monoisotopic (exact) mass is 270 g/mol. The molecule has 1 heterocycles. The molecular weight excluding hydrogens is 244 g/mol. The predicted octanol–water partition coefficient (Wildman–Crippen LogP) is 2.60. The summed E-state index contributed by atoms with van der Waals surface area (Å²) in [7, 11) is 0. The lowest BCUT2D eigenvalue weighted by atomic mass is 9.89. The lowest BCUT2D eigenvalue weighted by Crippen LogP contribution is -2.60. The van der Waals surface area contributed by atoms with Crippen LogP contribution in [0, 0.1) is 0 Å². The van der Waals surface area contributed by atoms with Crippen LogP contribution in [-0.2, 0) is 4.79 Å². The molecule has 0 radical (unpaired) electrons. The Morgan fingerprint density at radius 3 is 2.68 bits per heavy atom. The number of carbonyl (C=O) groups is 2. The highest BCUT2D eigenvalue weighted by Crippen LogP contribution is 2.28. The summed E-state index contributed by atoms with van der Waals surface area (Å²) in [5.74, 6) is -0.913. The van der Waals surface area contributed by atoms with Gasteiger partial charge in [-0.2, -0.15) is 0 Å². The summed E-state index contributed by atoms with van der Waals surface area (Å²) in [6.07, 6.45) is 5.35. The number of aliphatic carboxylic acids is 1. The van der Waals surface area contributed by atoms with Gasteiger partial charge in [0, 0.05) is 12.6 Å². The Morgan fingerprint density at radius 2 is 2.11 bits per heavy atom. The van der Waals surface area contributed by atoms with Gasteiger partial charge in [-0.1, -0.05) is 19.8 Å². The van der Waals surface area contributed by atoms with E-state index in [1.54, 1.807) is 6.92 Å². The van der Waals surface area contributed by atoms with Gasteiger partial charge in [-0.05, 0) is 39.5 Å². The fourth-order valence-corrected chi connectivity index (χ4v) is 2.54. The van der Waals surface area contributed by atoms with Gasteiger partial charge >= 0.3 is 12.0 Å². The maximum Gasteiger partial charge on any atom is 0.329 e. The molecule has 2 amide bonds. The molecule has 2 unspecified atom stereocenters. The number of hydrogen-bond donors (Lipinski definition) is 2. The van der Waals surface area contributed by atoms with E-state index in [0.29, 0.717) is 13.0 Å². The Hall–Kier alpha value is -1.26. The minimum atomic E-state index is -1.06. The Balaban J connectivity index is 2.65. The first-order valence-electron chi connectivity index (χ1n) is 7.23. The molecule has 0 saturated carbocycles. The predicted molar refractivity (Wildman–Crippen MR) is 74.1 cm³/mol. The molecule has 110 valence electrons. The van der Waals surface area contributed by atoms with Crippen LogP contribution in [0.2, 0.25) is 0 Å². The molecule has 0 aromatic carbocycles. The molecule has 0 aromatic rings. The molecule has 5 nitrogen and oxygen atoms in total. The van der Waals surface area contributed by atoms with Gasteiger partial charge in [0.25, 0.3) is 0 Å². The molecular formula is C14H26N2O3. The normalized spacial score (nSPS) is 24.9. The summed E-state index contributed by atoms with van der Waals surface area (Å²) in [6, 6.07) is -0.152. The number of unbranched alkanes of at least 4 members (excludes halogenated alkanes) is 1. The van der Waals surface area contributed by atoms with Gasteiger partial charge in [0.15, 0.2) is 0 Å². The standard InChI is InChI=1S/C14H26N2O3/c1-4-5-8-11(2)15-13(19)16-10-7-6-9-14(16,3)12(17)18/h11H,4-10H2,1-3H3,(H,15,19)(H,17,18). The van der Waals surface area contributed by atoms with E-state index in [9.17, 15) is 14.7 Å². The number of likely N-dealkylation sites (tertiary alicyclic amines) is 1. The number of carbonyl (C=O) groups excluding carboxylic acids is 1.